The lowest BCUT2D eigenvalue weighted by atomic mass is 10.1. The van der Waals surface area contributed by atoms with Crippen molar-refractivity contribution in [2.45, 2.75) is 19.3 Å². The molecule has 0 aliphatic rings. The van der Waals surface area contributed by atoms with Crippen LogP contribution in [-0.2, 0) is 12.4 Å². The highest BCUT2D eigenvalue weighted by molar-refractivity contribution is 6.04. The molecule has 0 aliphatic carbocycles. The molecule has 0 unspecified atom stereocenters. The Morgan fingerprint density at radius 3 is 1.85 bits per heavy atom. The van der Waals surface area contributed by atoms with Crippen LogP contribution in [0.5, 0.6) is 5.75 Å². The molecule has 26 heavy (non-hydrogen) atoms. The summed E-state index contributed by atoms with van der Waals surface area (Å²) in [6.45, 7) is 2.16. The van der Waals surface area contributed by atoms with Gasteiger partial charge in [-0.25, -0.2) is 0 Å². The largest absolute Gasteiger partial charge is 0.494 e. The Morgan fingerprint density at radius 2 is 1.42 bits per heavy atom. The fourth-order valence-electron chi connectivity index (χ4n) is 2.10. The standard InChI is InChI=1S/C17H13F6NO2/c1-2-26-14-5-3-10(4-6-14)15(25)24-13-8-11(16(18,19)20)7-12(9-13)17(21,22)23/h3-9H,2H2,1H3,(H,24,25). The van der Waals surface area contributed by atoms with Crippen molar-refractivity contribution in [3.8, 4) is 5.75 Å². The molecule has 0 atom stereocenters. The fourth-order valence-corrected chi connectivity index (χ4v) is 2.10. The summed E-state index contributed by atoms with van der Waals surface area (Å²) in [7, 11) is 0. The number of ether oxygens (including phenoxy) is 1. The van der Waals surface area contributed by atoms with E-state index >= 15 is 0 Å². The summed E-state index contributed by atoms with van der Waals surface area (Å²) in [5.74, 6) is -0.372. The maximum absolute atomic E-state index is 12.8. The van der Waals surface area contributed by atoms with E-state index < -0.39 is 35.1 Å². The molecule has 9 heteroatoms. The quantitative estimate of drug-likeness (QED) is 0.727. The number of carbonyl (C=O) groups excluding carboxylic acids is 1. The third-order valence-electron chi connectivity index (χ3n) is 3.27. The molecule has 1 amide bonds. The maximum Gasteiger partial charge on any atom is 0.416 e. The number of hydrogen-bond acceptors (Lipinski definition) is 2. The lowest BCUT2D eigenvalue weighted by Gasteiger charge is -2.15. The van der Waals surface area contributed by atoms with E-state index in [9.17, 15) is 31.1 Å². The van der Waals surface area contributed by atoms with Crippen LogP contribution in [0.2, 0.25) is 0 Å². The monoisotopic (exact) mass is 377 g/mol. The van der Waals surface area contributed by atoms with Gasteiger partial charge < -0.3 is 10.1 Å². The van der Waals surface area contributed by atoms with Gasteiger partial charge in [0.2, 0.25) is 0 Å². The van der Waals surface area contributed by atoms with Crippen LogP contribution in [0.15, 0.2) is 42.5 Å². The second-order valence-corrected chi connectivity index (χ2v) is 5.21. The first-order valence-corrected chi connectivity index (χ1v) is 7.34. The zero-order chi connectivity index (χ0) is 19.5. The van der Waals surface area contributed by atoms with Crippen LogP contribution in [0, 0.1) is 0 Å². The van der Waals surface area contributed by atoms with Crippen molar-refractivity contribution in [1.82, 2.24) is 0 Å². The number of nitrogens with one attached hydrogen (secondary N) is 1. The van der Waals surface area contributed by atoms with E-state index in [2.05, 4.69) is 5.32 Å². The van der Waals surface area contributed by atoms with E-state index in [0.717, 1.165) is 0 Å². The first-order valence-electron chi connectivity index (χ1n) is 7.34. The smallest absolute Gasteiger partial charge is 0.416 e. The first-order chi connectivity index (χ1) is 12.0. The Balaban J connectivity index is 2.31. The molecule has 2 aromatic rings. The van der Waals surface area contributed by atoms with Gasteiger partial charge in [0.05, 0.1) is 17.7 Å². The van der Waals surface area contributed by atoms with Crippen LogP contribution in [0.4, 0.5) is 32.0 Å². The van der Waals surface area contributed by atoms with Crippen LogP contribution in [0.25, 0.3) is 0 Å². The molecular weight excluding hydrogens is 364 g/mol. The van der Waals surface area contributed by atoms with E-state index in [-0.39, 0.29) is 11.6 Å². The van der Waals surface area contributed by atoms with Crippen LogP contribution in [0.3, 0.4) is 0 Å². The van der Waals surface area contributed by atoms with Gasteiger partial charge in [-0.2, -0.15) is 26.3 Å². The Hall–Kier alpha value is -2.71. The molecule has 0 fully saturated rings. The summed E-state index contributed by atoms with van der Waals surface area (Å²) < 4.78 is 82.1. The SMILES string of the molecule is CCOc1ccc(C(=O)Nc2cc(C(F)(F)F)cc(C(F)(F)F)c2)cc1. The number of carbonyl (C=O) groups is 1. The second kappa shape index (κ2) is 7.27. The minimum Gasteiger partial charge on any atom is -0.494 e. The van der Waals surface area contributed by atoms with Gasteiger partial charge in [-0.15, -0.1) is 0 Å². The average molecular weight is 377 g/mol. The van der Waals surface area contributed by atoms with Crippen LogP contribution >= 0.6 is 0 Å². The Bertz CT molecular complexity index is 749. The summed E-state index contributed by atoms with van der Waals surface area (Å²) in [6.07, 6.45) is -9.97. The molecule has 0 aliphatic heterocycles. The number of halogens is 6. The number of hydrogen-bond donors (Lipinski definition) is 1. The summed E-state index contributed by atoms with van der Waals surface area (Å²) in [4.78, 5) is 12.1. The summed E-state index contributed by atoms with van der Waals surface area (Å²) in [6, 6.07) is 6.50. The van der Waals surface area contributed by atoms with Gasteiger partial charge in [0.15, 0.2) is 0 Å². The third-order valence-corrected chi connectivity index (χ3v) is 3.27. The van der Waals surface area contributed by atoms with Crippen LogP contribution in [0.1, 0.15) is 28.4 Å². The zero-order valence-corrected chi connectivity index (χ0v) is 13.3. The van der Waals surface area contributed by atoms with Crippen LogP contribution in [-0.4, -0.2) is 12.5 Å². The molecule has 0 heterocycles. The summed E-state index contributed by atoms with van der Waals surface area (Å²) in [5, 5.41) is 2.05. The van der Waals surface area contributed by atoms with Crippen molar-refractivity contribution >= 4 is 11.6 Å². The number of anilines is 1. The van der Waals surface area contributed by atoms with Crippen molar-refractivity contribution in [3.05, 3.63) is 59.2 Å². The third kappa shape index (κ3) is 4.90. The molecule has 3 nitrogen and oxygen atoms in total. The average Bonchev–Trinajstić information content (AvgIpc) is 2.54. The molecule has 2 rings (SSSR count). The minimum atomic E-state index is -4.99. The van der Waals surface area contributed by atoms with Gasteiger partial charge in [0.25, 0.3) is 5.91 Å². The van der Waals surface area contributed by atoms with Crippen molar-refractivity contribution in [2.75, 3.05) is 11.9 Å². The molecule has 0 aromatic heterocycles. The highest BCUT2D eigenvalue weighted by Gasteiger charge is 2.37. The van der Waals surface area contributed by atoms with Gasteiger partial charge in [-0.05, 0) is 49.4 Å². The second-order valence-electron chi connectivity index (χ2n) is 5.21. The lowest BCUT2D eigenvalue weighted by Crippen LogP contribution is -2.15. The fraction of sp³-hybridized carbons (Fsp3) is 0.235. The molecule has 0 spiro atoms. The molecule has 0 saturated carbocycles. The molecule has 1 N–H and O–H groups in total. The highest BCUT2D eigenvalue weighted by Crippen LogP contribution is 2.37. The number of benzene rings is 2. The van der Waals surface area contributed by atoms with Gasteiger partial charge in [-0.1, -0.05) is 0 Å². The van der Waals surface area contributed by atoms with Gasteiger partial charge in [0, 0.05) is 11.3 Å². The first kappa shape index (κ1) is 19.6. The molecule has 0 saturated heterocycles. The molecule has 0 bridgehead atoms. The predicted octanol–water partition coefficient (Wildman–Crippen LogP) is 5.38. The van der Waals surface area contributed by atoms with Gasteiger partial charge >= 0.3 is 12.4 Å². The number of rotatable bonds is 4. The van der Waals surface area contributed by atoms with Gasteiger partial charge in [0.1, 0.15) is 5.75 Å². The van der Waals surface area contributed by atoms with Crippen LogP contribution < -0.4 is 10.1 Å². The minimum absolute atomic E-state index is 0.00740. The topological polar surface area (TPSA) is 38.3 Å². The van der Waals surface area contributed by atoms with E-state index in [1.165, 1.54) is 24.3 Å². The van der Waals surface area contributed by atoms with Crippen molar-refractivity contribution < 1.29 is 35.9 Å². The number of alkyl halides is 6. The normalized spacial score (nSPS) is 12.0. The predicted molar refractivity (Wildman–Crippen MR) is 82.0 cm³/mol. The van der Waals surface area contributed by atoms with Crippen molar-refractivity contribution in [2.24, 2.45) is 0 Å². The molecular formula is C17H13F6NO2. The van der Waals surface area contributed by atoms with E-state index in [1.807, 2.05) is 0 Å². The van der Waals surface area contributed by atoms with E-state index in [4.69, 9.17) is 4.74 Å². The Kier molecular flexibility index (Phi) is 5.48. The molecule has 0 radical (unpaired) electrons. The lowest BCUT2D eigenvalue weighted by molar-refractivity contribution is -0.143. The maximum atomic E-state index is 12.8. The summed E-state index contributed by atoms with van der Waals surface area (Å²) >= 11 is 0. The molecule has 2 aromatic carbocycles. The number of amides is 1. The Labute approximate surface area is 144 Å². The van der Waals surface area contributed by atoms with Gasteiger partial charge in [-0.3, -0.25) is 4.79 Å². The highest BCUT2D eigenvalue weighted by atomic mass is 19.4. The zero-order valence-electron chi connectivity index (χ0n) is 13.3. The van der Waals surface area contributed by atoms with Crippen molar-refractivity contribution in [1.29, 1.82) is 0 Å². The van der Waals surface area contributed by atoms with Crippen molar-refractivity contribution in [3.63, 3.8) is 0 Å². The molecule has 140 valence electrons. The van der Waals surface area contributed by atoms with E-state index in [1.54, 1.807) is 6.92 Å². The van der Waals surface area contributed by atoms with E-state index in [0.29, 0.717) is 24.5 Å². The Morgan fingerprint density at radius 1 is 0.923 bits per heavy atom. The summed E-state index contributed by atoms with van der Waals surface area (Å²) in [5.41, 5.74) is -3.56.